The van der Waals surface area contributed by atoms with Gasteiger partial charge in [0.2, 0.25) is 0 Å². The maximum absolute atomic E-state index is 12.2. The van der Waals surface area contributed by atoms with Gasteiger partial charge in [-0.1, -0.05) is 48.9 Å². The van der Waals surface area contributed by atoms with Crippen molar-refractivity contribution < 1.29 is 9.59 Å². The number of fused-ring (bicyclic) bond motifs is 1. The lowest BCUT2D eigenvalue weighted by Gasteiger charge is -2.14. The molecular formula is C21H21N3O2. The molecule has 0 bridgehead atoms. The van der Waals surface area contributed by atoms with Gasteiger partial charge < -0.3 is 10.6 Å². The first-order valence-corrected chi connectivity index (χ1v) is 8.53. The lowest BCUT2D eigenvalue weighted by atomic mass is 9.99. The second-order valence-electron chi connectivity index (χ2n) is 6.38. The lowest BCUT2D eigenvalue weighted by Crippen LogP contribution is -2.37. The summed E-state index contributed by atoms with van der Waals surface area (Å²) in [5, 5.41) is 7.13. The lowest BCUT2D eigenvalue weighted by molar-refractivity contribution is -0.136. The van der Waals surface area contributed by atoms with Crippen LogP contribution in [0.1, 0.15) is 24.0 Å². The minimum atomic E-state index is -0.675. The van der Waals surface area contributed by atoms with Crippen LogP contribution in [0.15, 0.2) is 60.9 Å². The third kappa shape index (κ3) is 4.06. The smallest absolute Gasteiger partial charge is 0.313 e. The second-order valence-corrected chi connectivity index (χ2v) is 6.38. The molecule has 0 spiro atoms. The Bertz CT molecular complexity index is 947. The highest BCUT2D eigenvalue weighted by molar-refractivity contribution is 6.40. The van der Waals surface area contributed by atoms with Crippen LogP contribution in [0.25, 0.3) is 10.8 Å². The Labute approximate surface area is 152 Å². The zero-order chi connectivity index (χ0) is 18.5. The van der Waals surface area contributed by atoms with Gasteiger partial charge in [-0.3, -0.25) is 14.6 Å². The van der Waals surface area contributed by atoms with Gasteiger partial charge in [0, 0.05) is 35.4 Å². The highest BCUT2D eigenvalue weighted by Gasteiger charge is 2.16. The summed E-state index contributed by atoms with van der Waals surface area (Å²) in [6, 6.07) is 15.4. The number of carbonyl (C=O) groups is 2. The summed E-state index contributed by atoms with van der Waals surface area (Å²) in [7, 11) is 0. The molecule has 0 radical (unpaired) electrons. The van der Waals surface area contributed by atoms with E-state index in [9.17, 15) is 9.59 Å². The van der Waals surface area contributed by atoms with Crippen LogP contribution in [0.2, 0.25) is 0 Å². The van der Waals surface area contributed by atoms with Gasteiger partial charge in [-0.25, -0.2) is 0 Å². The molecule has 1 aromatic heterocycles. The van der Waals surface area contributed by atoms with E-state index in [0.717, 1.165) is 16.3 Å². The summed E-state index contributed by atoms with van der Waals surface area (Å²) in [5.41, 5.74) is 2.90. The maximum Gasteiger partial charge on any atom is 0.313 e. The van der Waals surface area contributed by atoms with Crippen molar-refractivity contribution in [2.75, 3.05) is 11.9 Å². The highest BCUT2D eigenvalue weighted by atomic mass is 16.2. The Kier molecular flexibility index (Phi) is 5.27. The van der Waals surface area contributed by atoms with Crippen molar-refractivity contribution in [3.63, 3.8) is 0 Å². The van der Waals surface area contributed by atoms with Crippen molar-refractivity contribution in [3.05, 3.63) is 72.1 Å². The van der Waals surface area contributed by atoms with Crippen LogP contribution in [0, 0.1) is 6.92 Å². The van der Waals surface area contributed by atoms with E-state index in [1.54, 1.807) is 18.5 Å². The third-order valence-corrected chi connectivity index (χ3v) is 4.32. The Hall–Kier alpha value is -3.21. The van der Waals surface area contributed by atoms with Crippen LogP contribution in [-0.2, 0) is 9.59 Å². The molecule has 2 N–H and O–H groups in total. The molecule has 0 aliphatic heterocycles. The minimum Gasteiger partial charge on any atom is -0.347 e. The van der Waals surface area contributed by atoms with Gasteiger partial charge in [-0.05, 0) is 30.5 Å². The zero-order valence-electron chi connectivity index (χ0n) is 14.8. The molecule has 0 fully saturated rings. The van der Waals surface area contributed by atoms with E-state index >= 15 is 0 Å². The van der Waals surface area contributed by atoms with Gasteiger partial charge in [0.25, 0.3) is 0 Å². The van der Waals surface area contributed by atoms with Gasteiger partial charge in [0.1, 0.15) is 0 Å². The first-order chi connectivity index (χ1) is 12.5. The quantitative estimate of drug-likeness (QED) is 0.711. The molecule has 2 amide bonds. The van der Waals surface area contributed by atoms with Gasteiger partial charge in [-0.15, -0.1) is 0 Å². The maximum atomic E-state index is 12.2. The van der Waals surface area contributed by atoms with E-state index in [2.05, 4.69) is 21.7 Å². The number of nitrogens with one attached hydrogen (secondary N) is 2. The molecule has 0 aliphatic carbocycles. The van der Waals surface area contributed by atoms with Crippen molar-refractivity contribution >= 4 is 28.3 Å². The fourth-order valence-corrected chi connectivity index (χ4v) is 2.83. The molecule has 0 saturated heterocycles. The van der Waals surface area contributed by atoms with E-state index in [-0.39, 0.29) is 5.92 Å². The number of pyridine rings is 1. The van der Waals surface area contributed by atoms with E-state index in [4.69, 9.17) is 0 Å². The molecule has 0 unspecified atom stereocenters. The molecule has 5 nitrogen and oxygen atoms in total. The van der Waals surface area contributed by atoms with Crippen LogP contribution in [-0.4, -0.2) is 23.3 Å². The standard InChI is InChI=1S/C21H21N3O2/c1-14-5-3-6-16(11-14)15(2)12-23-20(25)21(26)24-19-8-4-7-17-13-22-10-9-18(17)19/h3-11,13,15H,12H2,1-2H3,(H,23,25)(H,24,26)/t15-/m0/s1. The number of carbonyl (C=O) groups excluding carboxylic acids is 2. The first-order valence-electron chi connectivity index (χ1n) is 8.53. The normalized spacial score (nSPS) is 11.8. The molecule has 0 aliphatic rings. The molecule has 3 rings (SSSR count). The predicted molar refractivity (Wildman–Crippen MR) is 103 cm³/mol. The van der Waals surface area contributed by atoms with E-state index < -0.39 is 11.8 Å². The van der Waals surface area contributed by atoms with Crippen LogP contribution >= 0.6 is 0 Å². The summed E-state index contributed by atoms with van der Waals surface area (Å²) >= 11 is 0. The number of hydrogen-bond acceptors (Lipinski definition) is 3. The monoisotopic (exact) mass is 347 g/mol. The Morgan fingerprint density at radius 1 is 1.08 bits per heavy atom. The van der Waals surface area contributed by atoms with Crippen LogP contribution < -0.4 is 10.6 Å². The van der Waals surface area contributed by atoms with Crippen LogP contribution in [0.3, 0.4) is 0 Å². The number of anilines is 1. The van der Waals surface area contributed by atoms with Crippen molar-refractivity contribution in [3.8, 4) is 0 Å². The number of aromatic nitrogens is 1. The van der Waals surface area contributed by atoms with Crippen molar-refractivity contribution in [2.45, 2.75) is 19.8 Å². The fourth-order valence-electron chi connectivity index (χ4n) is 2.83. The van der Waals surface area contributed by atoms with Gasteiger partial charge >= 0.3 is 11.8 Å². The summed E-state index contributed by atoms with van der Waals surface area (Å²) in [4.78, 5) is 28.4. The van der Waals surface area contributed by atoms with Gasteiger partial charge in [0.05, 0.1) is 0 Å². The predicted octanol–water partition coefficient (Wildman–Crippen LogP) is 3.40. The van der Waals surface area contributed by atoms with Crippen molar-refractivity contribution in [1.29, 1.82) is 0 Å². The molecule has 5 heteroatoms. The average molecular weight is 347 g/mol. The van der Waals surface area contributed by atoms with Gasteiger partial charge in [-0.2, -0.15) is 0 Å². The zero-order valence-corrected chi connectivity index (χ0v) is 14.8. The molecule has 2 aromatic carbocycles. The fraction of sp³-hybridized carbons (Fsp3) is 0.190. The number of hydrogen-bond donors (Lipinski definition) is 2. The van der Waals surface area contributed by atoms with E-state index in [1.807, 2.05) is 50.2 Å². The molecule has 1 heterocycles. The Balaban J connectivity index is 1.62. The van der Waals surface area contributed by atoms with Crippen molar-refractivity contribution in [1.82, 2.24) is 10.3 Å². The molecular weight excluding hydrogens is 326 g/mol. The summed E-state index contributed by atoms with van der Waals surface area (Å²) in [6.07, 6.45) is 3.37. The molecule has 26 heavy (non-hydrogen) atoms. The Morgan fingerprint density at radius 2 is 1.88 bits per heavy atom. The van der Waals surface area contributed by atoms with Gasteiger partial charge in [0.15, 0.2) is 0 Å². The summed E-state index contributed by atoms with van der Waals surface area (Å²) in [6.45, 7) is 4.45. The number of aryl methyl sites for hydroxylation is 1. The first kappa shape index (κ1) is 17.6. The average Bonchev–Trinajstić information content (AvgIpc) is 2.66. The summed E-state index contributed by atoms with van der Waals surface area (Å²) < 4.78 is 0. The third-order valence-electron chi connectivity index (χ3n) is 4.32. The number of rotatable bonds is 4. The molecule has 1 atom stereocenters. The molecule has 132 valence electrons. The van der Waals surface area contributed by atoms with E-state index in [0.29, 0.717) is 12.2 Å². The SMILES string of the molecule is Cc1cccc([C@@H](C)CNC(=O)C(=O)Nc2cccc3cnccc23)c1. The van der Waals surface area contributed by atoms with Crippen LogP contribution in [0.5, 0.6) is 0 Å². The number of benzene rings is 2. The highest BCUT2D eigenvalue weighted by Crippen LogP contribution is 2.22. The molecule has 0 saturated carbocycles. The number of amides is 2. The minimum absolute atomic E-state index is 0.121. The second kappa shape index (κ2) is 7.78. The summed E-state index contributed by atoms with van der Waals surface area (Å²) in [5.74, 6) is -1.20. The Morgan fingerprint density at radius 3 is 2.69 bits per heavy atom. The van der Waals surface area contributed by atoms with Crippen LogP contribution in [0.4, 0.5) is 5.69 Å². The molecule has 3 aromatic rings. The topological polar surface area (TPSA) is 71.1 Å². The largest absolute Gasteiger partial charge is 0.347 e. The number of nitrogens with zero attached hydrogens (tertiary/aromatic N) is 1. The van der Waals surface area contributed by atoms with Crippen molar-refractivity contribution in [2.24, 2.45) is 0 Å². The van der Waals surface area contributed by atoms with E-state index in [1.165, 1.54) is 5.56 Å².